The van der Waals surface area contributed by atoms with E-state index < -0.39 is 0 Å². The van der Waals surface area contributed by atoms with E-state index in [0.717, 1.165) is 12.1 Å². The number of carbonyl (C=O) groups excluding carboxylic acids is 1. The molecule has 19 heavy (non-hydrogen) atoms. The maximum atomic E-state index is 12.5. The van der Waals surface area contributed by atoms with E-state index in [0.29, 0.717) is 25.3 Å². The number of nitrogens with two attached hydrogens (primary N) is 1. The summed E-state index contributed by atoms with van der Waals surface area (Å²) >= 11 is 0. The molecule has 1 heterocycles. The van der Waals surface area contributed by atoms with Crippen molar-refractivity contribution in [1.29, 1.82) is 0 Å². The van der Waals surface area contributed by atoms with Crippen LogP contribution in [0.4, 0.5) is 0 Å². The van der Waals surface area contributed by atoms with Crippen molar-refractivity contribution in [2.24, 2.45) is 11.1 Å². The van der Waals surface area contributed by atoms with E-state index >= 15 is 0 Å². The monoisotopic (exact) mass is 266 g/mol. The molecule has 1 aromatic rings. The predicted molar refractivity (Wildman–Crippen MR) is 77.1 cm³/mol. The Morgan fingerprint density at radius 2 is 2.11 bits per heavy atom. The van der Waals surface area contributed by atoms with Gasteiger partial charge < -0.3 is 10.6 Å². The topological polar surface area (TPSA) is 64.2 Å². The van der Waals surface area contributed by atoms with Crippen LogP contribution >= 0.6 is 0 Å². The zero-order valence-electron chi connectivity index (χ0n) is 12.7. The number of amides is 1. The second-order valence-corrected chi connectivity index (χ2v) is 5.72. The predicted octanol–water partition coefficient (Wildman–Crippen LogP) is 1.52. The van der Waals surface area contributed by atoms with Crippen LogP contribution in [0.2, 0.25) is 0 Å². The first-order valence-corrected chi connectivity index (χ1v) is 6.87. The highest BCUT2D eigenvalue weighted by molar-refractivity contribution is 5.92. The minimum atomic E-state index is -0.0743. The number of hydrogen-bond donors (Lipinski definition) is 1. The lowest BCUT2D eigenvalue weighted by Crippen LogP contribution is -2.40. The van der Waals surface area contributed by atoms with Gasteiger partial charge >= 0.3 is 0 Å². The SMILES string of the molecule is CCc1cc(C(=O)N(C)CC(C)(C)CN)n(CC)n1. The van der Waals surface area contributed by atoms with Gasteiger partial charge in [0.25, 0.3) is 5.91 Å². The molecule has 0 fully saturated rings. The molecule has 0 saturated carbocycles. The van der Waals surface area contributed by atoms with Gasteiger partial charge in [-0.3, -0.25) is 9.48 Å². The Hall–Kier alpha value is -1.36. The zero-order valence-corrected chi connectivity index (χ0v) is 12.7. The second-order valence-electron chi connectivity index (χ2n) is 5.72. The first-order chi connectivity index (χ1) is 8.84. The smallest absolute Gasteiger partial charge is 0.271 e. The van der Waals surface area contributed by atoms with Crippen molar-refractivity contribution in [3.05, 3.63) is 17.5 Å². The van der Waals surface area contributed by atoms with Crippen LogP contribution in [0.5, 0.6) is 0 Å². The minimum absolute atomic E-state index is 0.00979. The molecule has 5 heteroatoms. The number of nitrogens with zero attached hydrogens (tertiary/aromatic N) is 3. The third-order valence-electron chi connectivity index (χ3n) is 3.28. The van der Waals surface area contributed by atoms with Gasteiger partial charge in [0.05, 0.1) is 5.69 Å². The van der Waals surface area contributed by atoms with Gasteiger partial charge in [-0.05, 0) is 31.4 Å². The standard InChI is InChI=1S/C14H26N4O/c1-6-11-8-12(18(7-2)16-11)13(19)17(5)10-14(3,4)9-15/h8H,6-7,9-10,15H2,1-5H3. The van der Waals surface area contributed by atoms with E-state index in [2.05, 4.69) is 18.9 Å². The highest BCUT2D eigenvalue weighted by Gasteiger charge is 2.24. The molecule has 0 aliphatic carbocycles. The lowest BCUT2D eigenvalue weighted by Gasteiger charge is -2.29. The van der Waals surface area contributed by atoms with Gasteiger partial charge in [0.2, 0.25) is 0 Å². The van der Waals surface area contributed by atoms with Crippen LogP contribution < -0.4 is 5.73 Å². The summed E-state index contributed by atoms with van der Waals surface area (Å²) in [6, 6.07) is 1.89. The lowest BCUT2D eigenvalue weighted by atomic mass is 9.93. The van der Waals surface area contributed by atoms with Gasteiger partial charge in [0, 0.05) is 20.1 Å². The molecular formula is C14H26N4O. The molecule has 108 valence electrons. The third kappa shape index (κ3) is 3.80. The summed E-state index contributed by atoms with van der Waals surface area (Å²) in [6.07, 6.45) is 0.839. The van der Waals surface area contributed by atoms with Gasteiger partial charge in [-0.15, -0.1) is 0 Å². The van der Waals surface area contributed by atoms with E-state index in [4.69, 9.17) is 5.73 Å². The normalized spacial score (nSPS) is 11.7. The van der Waals surface area contributed by atoms with Crippen LogP contribution in [-0.4, -0.2) is 40.7 Å². The molecule has 0 aliphatic rings. The molecule has 0 atom stereocenters. The van der Waals surface area contributed by atoms with Crippen LogP contribution in [0.15, 0.2) is 6.07 Å². The molecule has 0 bridgehead atoms. The summed E-state index contributed by atoms with van der Waals surface area (Å²) in [5.41, 5.74) is 7.26. The quantitative estimate of drug-likeness (QED) is 0.849. The molecule has 5 nitrogen and oxygen atoms in total. The van der Waals surface area contributed by atoms with E-state index in [1.54, 1.807) is 9.58 Å². The fourth-order valence-corrected chi connectivity index (χ4v) is 2.03. The second kappa shape index (κ2) is 6.19. The molecular weight excluding hydrogens is 240 g/mol. The molecule has 0 aromatic carbocycles. The molecule has 1 amide bonds. The number of rotatable bonds is 6. The Bertz CT molecular complexity index is 437. The summed E-state index contributed by atoms with van der Waals surface area (Å²) in [5, 5.41) is 4.41. The number of carbonyl (C=O) groups is 1. The third-order valence-corrected chi connectivity index (χ3v) is 3.28. The maximum absolute atomic E-state index is 12.5. The maximum Gasteiger partial charge on any atom is 0.271 e. The van der Waals surface area contributed by atoms with Crippen LogP contribution in [0.3, 0.4) is 0 Å². The largest absolute Gasteiger partial charge is 0.340 e. The molecule has 0 aliphatic heterocycles. The fourth-order valence-electron chi connectivity index (χ4n) is 2.03. The van der Waals surface area contributed by atoms with Crippen LogP contribution in [-0.2, 0) is 13.0 Å². The molecule has 2 N–H and O–H groups in total. The summed E-state index contributed by atoms with van der Waals surface area (Å²) in [7, 11) is 1.82. The molecule has 0 radical (unpaired) electrons. The van der Waals surface area contributed by atoms with Crippen molar-refractivity contribution in [1.82, 2.24) is 14.7 Å². The van der Waals surface area contributed by atoms with E-state index in [9.17, 15) is 4.79 Å². The van der Waals surface area contributed by atoms with Gasteiger partial charge in [-0.2, -0.15) is 5.10 Å². The summed E-state index contributed by atoms with van der Waals surface area (Å²) in [5.74, 6) is 0.00979. The number of aromatic nitrogens is 2. The molecule has 0 spiro atoms. The van der Waals surface area contributed by atoms with Gasteiger partial charge in [0.1, 0.15) is 5.69 Å². The summed E-state index contributed by atoms with van der Waals surface area (Å²) < 4.78 is 1.77. The molecule has 1 aromatic heterocycles. The van der Waals surface area contributed by atoms with Crippen LogP contribution in [0.1, 0.15) is 43.9 Å². The van der Waals surface area contributed by atoms with Crippen LogP contribution in [0, 0.1) is 5.41 Å². The molecule has 0 unspecified atom stereocenters. The Morgan fingerprint density at radius 1 is 1.47 bits per heavy atom. The zero-order chi connectivity index (χ0) is 14.6. The summed E-state index contributed by atoms with van der Waals surface area (Å²) in [6.45, 7) is 10.0. The number of aryl methyl sites for hydroxylation is 2. The Labute approximate surface area is 115 Å². The van der Waals surface area contributed by atoms with E-state index in [1.165, 1.54) is 0 Å². The van der Waals surface area contributed by atoms with Crippen molar-refractivity contribution in [2.75, 3.05) is 20.1 Å². The van der Waals surface area contributed by atoms with Gasteiger partial charge in [0.15, 0.2) is 0 Å². The highest BCUT2D eigenvalue weighted by Crippen LogP contribution is 2.16. The summed E-state index contributed by atoms with van der Waals surface area (Å²) in [4.78, 5) is 14.2. The van der Waals surface area contributed by atoms with Crippen LogP contribution in [0.25, 0.3) is 0 Å². The first kappa shape index (κ1) is 15.7. The minimum Gasteiger partial charge on any atom is -0.340 e. The van der Waals surface area contributed by atoms with Crippen molar-refractivity contribution in [3.8, 4) is 0 Å². The first-order valence-electron chi connectivity index (χ1n) is 6.87. The molecule has 0 saturated heterocycles. The lowest BCUT2D eigenvalue weighted by molar-refractivity contribution is 0.0728. The van der Waals surface area contributed by atoms with Crippen molar-refractivity contribution >= 4 is 5.91 Å². The Kier molecular flexibility index (Phi) is 5.11. The number of hydrogen-bond acceptors (Lipinski definition) is 3. The Balaban J connectivity index is 2.90. The Morgan fingerprint density at radius 3 is 2.58 bits per heavy atom. The van der Waals surface area contributed by atoms with Gasteiger partial charge in [-0.25, -0.2) is 0 Å². The van der Waals surface area contributed by atoms with Gasteiger partial charge in [-0.1, -0.05) is 20.8 Å². The average Bonchev–Trinajstić information content (AvgIpc) is 2.80. The van der Waals surface area contributed by atoms with Crippen molar-refractivity contribution in [2.45, 2.75) is 40.7 Å². The van der Waals surface area contributed by atoms with Crippen molar-refractivity contribution in [3.63, 3.8) is 0 Å². The molecule has 1 rings (SSSR count). The van der Waals surface area contributed by atoms with E-state index in [1.807, 2.05) is 27.0 Å². The highest BCUT2D eigenvalue weighted by atomic mass is 16.2. The average molecular weight is 266 g/mol. The van der Waals surface area contributed by atoms with Crippen molar-refractivity contribution < 1.29 is 4.79 Å². The fraction of sp³-hybridized carbons (Fsp3) is 0.714. The van der Waals surface area contributed by atoms with E-state index in [-0.39, 0.29) is 11.3 Å².